The highest BCUT2D eigenvalue weighted by Gasteiger charge is 2.34. The molecule has 0 fully saturated rings. The number of hydrogen-bond acceptors (Lipinski definition) is 3. The molecule has 0 heterocycles. The first-order valence-corrected chi connectivity index (χ1v) is 7.84. The summed E-state index contributed by atoms with van der Waals surface area (Å²) in [5.41, 5.74) is -0.708. The number of unbranched alkanes of at least 4 members (excludes halogenated alkanes) is 1. The van der Waals surface area contributed by atoms with Crippen LogP contribution in [-0.4, -0.2) is 34.7 Å². The number of nitrogens with one attached hydrogen (secondary N) is 1. The number of rotatable bonds is 11. The van der Waals surface area contributed by atoms with Gasteiger partial charge in [-0.15, -0.1) is 0 Å². The van der Waals surface area contributed by atoms with Crippen molar-refractivity contribution in [3.8, 4) is 0 Å². The van der Waals surface area contributed by atoms with Gasteiger partial charge in [-0.2, -0.15) is 11.8 Å². The number of likely N-dealkylation sites (N-methyl/N-ethyl adjacent to an activating group) is 1. The number of carboxylic acid groups (broad SMARTS) is 1. The van der Waals surface area contributed by atoms with E-state index in [1.54, 1.807) is 0 Å². The summed E-state index contributed by atoms with van der Waals surface area (Å²) in [6.07, 6.45) is 4.84. The van der Waals surface area contributed by atoms with E-state index in [2.05, 4.69) is 12.2 Å². The van der Waals surface area contributed by atoms with Gasteiger partial charge in [-0.05, 0) is 43.7 Å². The fourth-order valence-electron chi connectivity index (χ4n) is 1.89. The van der Waals surface area contributed by atoms with Crippen molar-refractivity contribution in [3.05, 3.63) is 0 Å². The van der Waals surface area contributed by atoms with Crippen LogP contribution in [0, 0.1) is 0 Å². The van der Waals surface area contributed by atoms with Crippen LogP contribution < -0.4 is 5.32 Å². The highest BCUT2D eigenvalue weighted by Crippen LogP contribution is 2.20. The van der Waals surface area contributed by atoms with Crippen LogP contribution >= 0.6 is 11.8 Å². The summed E-state index contributed by atoms with van der Waals surface area (Å²) in [6, 6.07) is 0. The van der Waals surface area contributed by atoms with Gasteiger partial charge in [0, 0.05) is 0 Å². The maximum Gasteiger partial charge on any atom is 0.323 e. The van der Waals surface area contributed by atoms with Crippen LogP contribution in [-0.2, 0) is 4.79 Å². The lowest BCUT2D eigenvalue weighted by Gasteiger charge is -2.29. The topological polar surface area (TPSA) is 49.3 Å². The Balaban J connectivity index is 3.95. The standard InChI is InChI=1S/C13H27NO2S/c1-4-7-10-17-11-8-9-13(5-2,12(15)16)14-6-3/h14H,4-11H2,1-3H3,(H,15,16). The normalized spacial score (nSPS) is 14.5. The predicted molar refractivity (Wildman–Crippen MR) is 75.8 cm³/mol. The van der Waals surface area contributed by atoms with Crippen LogP contribution in [0.5, 0.6) is 0 Å². The number of thioether (sulfide) groups is 1. The molecule has 0 spiro atoms. The molecule has 2 N–H and O–H groups in total. The minimum absolute atomic E-state index is 0.649. The molecule has 0 aliphatic heterocycles. The highest BCUT2D eigenvalue weighted by atomic mass is 32.2. The van der Waals surface area contributed by atoms with E-state index in [0.717, 1.165) is 18.6 Å². The molecule has 0 saturated heterocycles. The second-order valence-corrected chi connectivity index (χ2v) is 5.57. The summed E-state index contributed by atoms with van der Waals surface area (Å²) >= 11 is 1.94. The monoisotopic (exact) mass is 261 g/mol. The third kappa shape index (κ3) is 6.32. The van der Waals surface area contributed by atoms with Gasteiger partial charge in [0.2, 0.25) is 0 Å². The lowest BCUT2D eigenvalue weighted by molar-refractivity contribution is -0.145. The van der Waals surface area contributed by atoms with Crippen molar-refractivity contribution in [2.24, 2.45) is 0 Å². The SMILES string of the molecule is CCCCSCCCC(CC)(NCC)C(=O)O. The lowest BCUT2D eigenvalue weighted by Crippen LogP contribution is -2.51. The number of hydrogen-bond donors (Lipinski definition) is 2. The summed E-state index contributed by atoms with van der Waals surface area (Å²) in [4.78, 5) is 11.3. The minimum Gasteiger partial charge on any atom is -0.480 e. The molecule has 0 aromatic heterocycles. The fourth-order valence-corrected chi connectivity index (χ4v) is 2.93. The highest BCUT2D eigenvalue weighted by molar-refractivity contribution is 7.99. The van der Waals surface area contributed by atoms with Gasteiger partial charge in [-0.1, -0.05) is 27.2 Å². The molecule has 0 amide bonds. The van der Waals surface area contributed by atoms with Crippen molar-refractivity contribution in [1.82, 2.24) is 5.32 Å². The molecular formula is C13H27NO2S. The van der Waals surface area contributed by atoms with E-state index in [9.17, 15) is 9.90 Å². The zero-order valence-corrected chi connectivity index (χ0v) is 12.2. The van der Waals surface area contributed by atoms with Crippen LogP contribution in [0.1, 0.15) is 52.9 Å². The van der Waals surface area contributed by atoms with E-state index >= 15 is 0 Å². The Kier molecular flexibility index (Phi) is 9.65. The molecule has 17 heavy (non-hydrogen) atoms. The molecule has 1 atom stereocenters. The summed E-state index contributed by atoms with van der Waals surface area (Å²) in [5, 5.41) is 12.5. The number of aliphatic carboxylic acids is 1. The fraction of sp³-hybridized carbons (Fsp3) is 0.923. The molecule has 0 saturated carbocycles. The molecular weight excluding hydrogens is 234 g/mol. The minimum atomic E-state index is -0.708. The molecule has 0 aliphatic rings. The largest absolute Gasteiger partial charge is 0.480 e. The molecule has 3 nitrogen and oxygen atoms in total. The van der Waals surface area contributed by atoms with Gasteiger partial charge in [0.15, 0.2) is 0 Å². The summed E-state index contributed by atoms with van der Waals surface area (Å²) < 4.78 is 0. The van der Waals surface area contributed by atoms with Gasteiger partial charge in [0.1, 0.15) is 5.54 Å². The van der Waals surface area contributed by atoms with Gasteiger partial charge < -0.3 is 10.4 Å². The maximum absolute atomic E-state index is 11.3. The van der Waals surface area contributed by atoms with Gasteiger partial charge in [-0.3, -0.25) is 4.79 Å². The Morgan fingerprint density at radius 1 is 1.24 bits per heavy atom. The molecule has 0 aromatic rings. The predicted octanol–water partition coefficient (Wildman–Crippen LogP) is 3.14. The molecule has 1 unspecified atom stereocenters. The van der Waals surface area contributed by atoms with Gasteiger partial charge in [0.25, 0.3) is 0 Å². The van der Waals surface area contributed by atoms with Gasteiger partial charge >= 0.3 is 5.97 Å². The Labute approximate surface area is 110 Å². The zero-order valence-electron chi connectivity index (χ0n) is 11.4. The Morgan fingerprint density at radius 3 is 2.35 bits per heavy atom. The van der Waals surface area contributed by atoms with Crippen molar-refractivity contribution in [2.75, 3.05) is 18.1 Å². The second kappa shape index (κ2) is 9.77. The van der Waals surface area contributed by atoms with Crippen LogP contribution in [0.15, 0.2) is 0 Å². The molecule has 0 aromatic carbocycles. The average Bonchev–Trinajstić information content (AvgIpc) is 2.31. The Bertz CT molecular complexity index is 212. The van der Waals surface area contributed by atoms with E-state index in [0.29, 0.717) is 13.0 Å². The van der Waals surface area contributed by atoms with Crippen LogP contribution in [0.4, 0.5) is 0 Å². The molecule has 0 radical (unpaired) electrons. The summed E-state index contributed by atoms with van der Waals surface area (Å²) in [7, 11) is 0. The summed E-state index contributed by atoms with van der Waals surface area (Å²) in [6.45, 7) is 6.81. The van der Waals surface area contributed by atoms with Crippen molar-refractivity contribution < 1.29 is 9.90 Å². The van der Waals surface area contributed by atoms with Crippen molar-refractivity contribution in [2.45, 2.75) is 58.4 Å². The second-order valence-electron chi connectivity index (χ2n) is 4.34. The van der Waals surface area contributed by atoms with E-state index < -0.39 is 11.5 Å². The molecule has 0 aliphatic carbocycles. The zero-order chi connectivity index (χ0) is 13.1. The third-order valence-electron chi connectivity index (χ3n) is 3.06. The molecule has 4 heteroatoms. The molecule has 0 rings (SSSR count). The Morgan fingerprint density at radius 2 is 1.88 bits per heavy atom. The lowest BCUT2D eigenvalue weighted by atomic mass is 9.91. The first-order valence-electron chi connectivity index (χ1n) is 6.69. The Hall–Kier alpha value is -0.220. The van der Waals surface area contributed by atoms with Crippen molar-refractivity contribution in [1.29, 1.82) is 0 Å². The van der Waals surface area contributed by atoms with Crippen molar-refractivity contribution in [3.63, 3.8) is 0 Å². The average molecular weight is 261 g/mol. The van der Waals surface area contributed by atoms with Gasteiger partial charge in [0.05, 0.1) is 0 Å². The smallest absolute Gasteiger partial charge is 0.323 e. The van der Waals surface area contributed by atoms with E-state index in [1.165, 1.54) is 18.6 Å². The van der Waals surface area contributed by atoms with Gasteiger partial charge in [-0.25, -0.2) is 0 Å². The number of carbonyl (C=O) groups is 1. The molecule has 102 valence electrons. The van der Waals surface area contributed by atoms with Crippen LogP contribution in [0.25, 0.3) is 0 Å². The summed E-state index contributed by atoms with van der Waals surface area (Å²) in [5.74, 6) is 1.56. The third-order valence-corrected chi connectivity index (χ3v) is 4.22. The van der Waals surface area contributed by atoms with E-state index in [-0.39, 0.29) is 0 Å². The van der Waals surface area contributed by atoms with Crippen LogP contribution in [0.3, 0.4) is 0 Å². The van der Waals surface area contributed by atoms with E-state index in [4.69, 9.17) is 0 Å². The van der Waals surface area contributed by atoms with E-state index in [1.807, 2.05) is 25.6 Å². The molecule has 0 bridgehead atoms. The first kappa shape index (κ1) is 16.8. The maximum atomic E-state index is 11.3. The number of carboxylic acids is 1. The first-order chi connectivity index (χ1) is 8.13. The van der Waals surface area contributed by atoms with Crippen LogP contribution in [0.2, 0.25) is 0 Å². The quantitative estimate of drug-likeness (QED) is 0.561. The van der Waals surface area contributed by atoms with Crippen molar-refractivity contribution >= 4 is 17.7 Å².